The number of likely N-dealkylation sites (tertiary alicyclic amines) is 1. The highest BCUT2D eigenvalue weighted by Crippen LogP contribution is 2.24. The van der Waals surface area contributed by atoms with Crippen LogP contribution in [0.3, 0.4) is 0 Å². The largest absolute Gasteiger partial charge is 0.397 e. The standard InChI is InChI=1S/C13H20FN3/c1-9-7-11(5-6-17(9)2)16-13-8-10(14)3-4-12(13)15/h3-4,8-9,11,16H,5-7,15H2,1-2H3. The Morgan fingerprint density at radius 3 is 2.94 bits per heavy atom. The summed E-state index contributed by atoms with van der Waals surface area (Å²) in [5.41, 5.74) is 7.15. The van der Waals surface area contributed by atoms with E-state index >= 15 is 0 Å². The Bertz CT molecular complexity index is 394. The van der Waals surface area contributed by atoms with Gasteiger partial charge in [-0.3, -0.25) is 0 Å². The highest BCUT2D eigenvalue weighted by Gasteiger charge is 2.22. The van der Waals surface area contributed by atoms with Gasteiger partial charge in [-0.1, -0.05) is 0 Å². The van der Waals surface area contributed by atoms with Gasteiger partial charge in [-0.15, -0.1) is 0 Å². The fraction of sp³-hybridized carbons (Fsp3) is 0.538. The summed E-state index contributed by atoms with van der Waals surface area (Å²) >= 11 is 0. The van der Waals surface area contributed by atoms with Gasteiger partial charge in [0.05, 0.1) is 11.4 Å². The smallest absolute Gasteiger partial charge is 0.125 e. The number of nitrogen functional groups attached to an aromatic ring is 1. The number of piperidine rings is 1. The van der Waals surface area contributed by atoms with Crippen molar-refractivity contribution in [1.82, 2.24) is 4.90 Å². The SMILES string of the molecule is CC1CC(Nc2cc(F)ccc2N)CCN1C. The van der Waals surface area contributed by atoms with E-state index in [1.165, 1.54) is 12.1 Å². The van der Waals surface area contributed by atoms with E-state index in [2.05, 4.69) is 24.2 Å². The van der Waals surface area contributed by atoms with Gasteiger partial charge in [0, 0.05) is 18.6 Å². The van der Waals surface area contributed by atoms with Gasteiger partial charge < -0.3 is 16.0 Å². The number of hydrogen-bond donors (Lipinski definition) is 2. The maximum Gasteiger partial charge on any atom is 0.125 e. The molecule has 1 aromatic carbocycles. The molecule has 3 nitrogen and oxygen atoms in total. The zero-order chi connectivity index (χ0) is 12.4. The van der Waals surface area contributed by atoms with Gasteiger partial charge in [0.25, 0.3) is 0 Å². The molecule has 2 unspecified atom stereocenters. The van der Waals surface area contributed by atoms with Crippen molar-refractivity contribution in [2.75, 3.05) is 24.6 Å². The second kappa shape index (κ2) is 4.92. The summed E-state index contributed by atoms with van der Waals surface area (Å²) in [6, 6.07) is 5.40. The molecule has 94 valence electrons. The molecule has 0 radical (unpaired) electrons. The average Bonchev–Trinajstić information content (AvgIpc) is 2.29. The first-order valence-electron chi connectivity index (χ1n) is 6.08. The van der Waals surface area contributed by atoms with Crippen LogP contribution in [0.1, 0.15) is 19.8 Å². The molecule has 1 saturated heterocycles. The van der Waals surface area contributed by atoms with Crippen LogP contribution >= 0.6 is 0 Å². The second-order valence-corrected chi connectivity index (χ2v) is 4.93. The van der Waals surface area contributed by atoms with Crippen molar-refractivity contribution >= 4 is 11.4 Å². The molecule has 0 aromatic heterocycles. The van der Waals surface area contributed by atoms with Crippen LogP contribution in [-0.4, -0.2) is 30.6 Å². The minimum Gasteiger partial charge on any atom is -0.397 e. The Morgan fingerprint density at radius 2 is 2.24 bits per heavy atom. The molecule has 0 aliphatic carbocycles. The van der Waals surface area contributed by atoms with Crippen molar-refractivity contribution in [3.63, 3.8) is 0 Å². The molecule has 0 spiro atoms. The predicted octanol–water partition coefficient (Wildman–Crippen LogP) is 2.30. The first kappa shape index (κ1) is 12.2. The third-order valence-corrected chi connectivity index (χ3v) is 3.58. The first-order valence-corrected chi connectivity index (χ1v) is 6.08. The Hall–Kier alpha value is -1.29. The first-order chi connectivity index (χ1) is 8.06. The van der Waals surface area contributed by atoms with Crippen LogP contribution in [0.15, 0.2) is 18.2 Å². The molecule has 17 heavy (non-hydrogen) atoms. The van der Waals surface area contributed by atoms with Crippen LogP contribution in [0.5, 0.6) is 0 Å². The van der Waals surface area contributed by atoms with E-state index in [9.17, 15) is 4.39 Å². The lowest BCUT2D eigenvalue weighted by atomic mass is 9.98. The quantitative estimate of drug-likeness (QED) is 0.775. The third-order valence-electron chi connectivity index (χ3n) is 3.58. The monoisotopic (exact) mass is 237 g/mol. The molecule has 1 aliphatic heterocycles. The lowest BCUT2D eigenvalue weighted by Gasteiger charge is -2.36. The molecular weight excluding hydrogens is 217 g/mol. The zero-order valence-corrected chi connectivity index (χ0v) is 10.4. The maximum absolute atomic E-state index is 13.1. The number of hydrogen-bond acceptors (Lipinski definition) is 3. The normalized spacial score (nSPS) is 25.8. The van der Waals surface area contributed by atoms with Gasteiger partial charge in [-0.25, -0.2) is 4.39 Å². The summed E-state index contributed by atoms with van der Waals surface area (Å²) in [5.74, 6) is -0.248. The molecule has 1 aliphatic rings. The molecule has 3 N–H and O–H groups in total. The van der Waals surface area contributed by atoms with Gasteiger partial charge in [0.1, 0.15) is 5.82 Å². The van der Waals surface area contributed by atoms with Crippen LogP contribution in [0.25, 0.3) is 0 Å². The Labute approximate surface area is 102 Å². The highest BCUT2D eigenvalue weighted by atomic mass is 19.1. The van der Waals surface area contributed by atoms with Gasteiger partial charge in [-0.05, 0) is 45.0 Å². The number of nitrogens with zero attached hydrogens (tertiary/aromatic N) is 1. The van der Waals surface area contributed by atoms with E-state index < -0.39 is 0 Å². The summed E-state index contributed by atoms with van der Waals surface area (Å²) in [5, 5.41) is 3.35. The lowest BCUT2D eigenvalue weighted by Crippen LogP contribution is -2.42. The fourth-order valence-corrected chi connectivity index (χ4v) is 2.29. The molecule has 0 saturated carbocycles. The second-order valence-electron chi connectivity index (χ2n) is 4.93. The number of benzene rings is 1. The van der Waals surface area contributed by atoms with Gasteiger partial charge in [0.2, 0.25) is 0 Å². The minimum absolute atomic E-state index is 0.248. The van der Waals surface area contributed by atoms with E-state index in [-0.39, 0.29) is 5.82 Å². The summed E-state index contributed by atoms with van der Waals surface area (Å²) in [7, 11) is 2.14. The zero-order valence-electron chi connectivity index (χ0n) is 10.4. The van der Waals surface area contributed by atoms with Crippen molar-refractivity contribution in [3.05, 3.63) is 24.0 Å². The van der Waals surface area contributed by atoms with Crippen molar-refractivity contribution in [1.29, 1.82) is 0 Å². The van der Waals surface area contributed by atoms with Crippen molar-refractivity contribution in [2.24, 2.45) is 0 Å². The molecule has 2 atom stereocenters. The highest BCUT2D eigenvalue weighted by molar-refractivity contribution is 5.66. The lowest BCUT2D eigenvalue weighted by molar-refractivity contribution is 0.190. The van der Waals surface area contributed by atoms with Gasteiger partial charge in [-0.2, -0.15) is 0 Å². The van der Waals surface area contributed by atoms with Crippen molar-refractivity contribution in [2.45, 2.75) is 31.8 Å². The van der Waals surface area contributed by atoms with E-state index in [4.69, 9.17) is 5.73 Å². The van der Waals surface area contributed by atoms with E-state index in [1.807, 2.05) is 0 Å². The fourth-order valence-electron chi connectivity index (χ4n) is 2.29. The number of rotatable bonds is 2. The Morgan fingerprint density at radius 1 is 1.47 bits per heavy atom. The molecule has 4 heteroatoms. The third kappa shape index (κ3) is 2.88. The number of nitrogens with two attached hydrogens (primary N) is 1. The molecular formula is C13H20FN3. The van der Waals surface area contributed by atoms with Gasteiger partial charge in [0.15, 0.2) is 0 Å². The topological polar surface area (TPSA) is 41.3 Å². The van der Waals surface area contributed by atoms with E-state index in [0.717, 1.165) is 19.4 Å². The van der Waals surface area contributed by atoms with Crippen LogP contribution in [-0.2, 0) is 0 Å². The average molecular weight is 237 g/mol. The van der Waals surface area contributed by atoms with Crippen molar-refractivity contribution in [3.8, 4) is 0 Å². The molecule has 1 heterocycles. The summed E-state index contributed by atoms with van der Waals surface area (Å²) in [6.45, 7) is 3.27. The van der Waals surface area contributed by atoms with Crippen molar-refractivity contribution < 1.29 is 4.39 Å². The summed E-state index contributed by atoms with van der Waals surface area (Å²) < 4.78 is 13.1. The number of halogens is 1. The van der Waals surface area contributed by atoms with E-state index in [0.29, 0.717) is 23.5 Å². The van der Waals surface area contributed by atoms with Crippen LogP contribution in [0.4, 0.5) is 15.8 Å². The van der Waals surface area contributed by atoms with Crippen LogP contribution in [0.2, 0.25) is 0 Å². The number of anilines is 2. The molecule has 0 bridgehead atoms. The maximum atomic E-state index is 13.1. The Kier molecular flexibility index (Phi) is 3.52. The van der Waals surface area contributed by atoms with Crippen LogP contribution in [0, 0.1) is 5.82 Å². The molecule has 1 aromatic rings. The van der Waals surface area contributed by atoms with Crippen LogP contribution < -0.4 is 11.1 Å². The summed E-state index contributed by atoms with van der Waals surface area (Å²) in [4.78, 5) is 2.34. The number of nitrogens with one attached hydrogen (secondary N) is 1. The Balaban J connectivity index is 2.03. The molecule has 2 rings (SSSR count). The minimum atomic E-state index is -0.248. The molecule has 0 amide bonds. The van der Waals surface area contributed by atoms with E-state index in [1.54, 1.807) is 6.07 Å². The summed E-state index contributed by atoms with van der Waals surface area (Å²) in [6.07, 6.45) is 2.13. The predicted molar refractivity (Wildman–Crippen MR) is 69.5 cm³/mol. The van der Waals surface area contributed by atoms with Gasteiger partial charge >= 0.3 is 0 Å². The molecule has 1 fully saturated rings.